The number of nitrogens with two attached hydrogens (primary N) is 2. The van der Waals surface area contributed by atoms with Crippen LogP contribution < -0.4 is 11.5 Å². The molecule has 5 N–H and O–H groups in total. The van der Waals surface area contributed by atoms with Crippen LogP contribution in [0.4, 0.5) is 4.39 Å². The van der Waals surface area contributed by atoms with Gasteiger partial charge in [0.25, 0.3) is 5.79 Å². The maximum atomic E-state index is 12.3. The number of hydrogen-bond donors (Lipinski definition) is 3. The Morgan fingerprint density at radius 2 is 2.00 bits per heavy atom. The second-order valence-electron chi connectivity index (χ2n) is 1.81. The molecule has 0 aromatic heterocycles. The van der Waals surface area contributed by atoms with Crippen LogP contribution >= 0.6 is 0 Å². The van der Waals surface area contributed by atoms with E-state index in [1.165, 1.54) is 0 Å². The van der Waals surface area contributed by atoms with Crippen molar-refractivity contribution in [1.29, 1.82) is 0 Å². The van der Waals surface area contributed by atoms with Crippen molar-refractivity contribution in [2.24, 2.45) is 11.5 Å². The highest BCUT2D eigenvalue weighted by atomic mass is 19.1. The lowest BCUT2D eigenvalue weighted by Gasteiger charge is -2.10. The van der Waals surface area contributed by atoms with Gasteiger partial charge in [-0.25, -0.2) is 9.18 Å². The van der Waals surface area contributed by atoms with E-state index in [1.54, 1.807) is 0 Å². The molecular formula is C4H7FN2O3. The third-order valence-corrected chi connectivity index (χ3v) is 0.787. The largest absolute Gasteiger partial charge is 0.478 e. The van der Waals surface area contributed by atoms with Crippen molar-refractivity contribution in [3.63, 3.8) is 0 Å². The van der Waals surface area contributed by atoms with E-state index in [2.05, 4.69) is 11.5 Å². The Bertz CT molecular complexity index is 168. The molecule has 0 aliphatic rings. The Morgan fingerprint density at radius 1 is 1.60 bits per heavy atom. The zero-order chi connectivity index (χ0) is 8.36. The summed E-state index contributed by atoms with van der Waals surface area (Å²) in [5.74, 6) is -6.02. The van der Waals surface area contributed by atoms with Crippen LogP contribution in [0.25, 0.3) is 0 Å². The number of carbonyl (C=O) groups is 2. The molecule has 0 aliphatic heterocycles. The summed E-state index contributed by atoms with van der Waals surface area (Å²) < 4.78 is 12.3. The van der Waals surface area contributed by atoms with Gasteiger partial charge in [-0.1, -0.05) is 0 Å². The van der Waals surface area contributed by atoms with Gasteiger partial charge in [-0.2, -0.15) is 0 Å². The Morgan fingerprint density at radius 3 is 2.10 bits per heavy atom. The number of primary amides is 1. The van der Waals surface area contributed by atoms with Crippen molar-refractivity contribution in [3.8, 4) is 0 Å². The van der Waals surface area contributed by atoms with Crippen molar-refractivity contribution >= 4 is 11.9 Å². The van der Waals surface area contributed by atoms with E-state index >= 15 is 0 Å². The van der Waals surface area contributed by atoms with E-state index in [9.17, 15) is 14.0 Å². The molecule has 1 amide bonds. The topological polar surface area (TPSA) is 106 Å². The fraction of sp³-hybridized carbons (Fsp3) is 0.500. The van der Waals surface area contributed by atoms with Crippen LogP contribution in [0, 0.1) is 0 Å². The summed E-state index contributed by atoms with van der Waals surface area (Å²) in [6.45, 7) is 0. The van der Waals surface area contributed by atoms with Crippen LogP contribution in [0.3, 0.4) is 0 Å². The predicted octanol–water partition coefficient (Wildman–Crippen LogP) is -1.43. The lowest BCUT2D eigenvalue weighted by atomic mass is 10.2. The van der Waals surface area contributed by atoms with Gasteiger partial charge < -0.3 is 10.8 Å². The first-order valence-electron chi connectivity index (χ1n) is 2.36. The lowest BCUT2D eigenvalue weighted by Crippen LogP contribution is -2.46. The summed E-state index contributed by atoms with van der Waals surface area (Å²) in [4.78, 5) is 19.8. The smallest absolute Gasteiger partial charge is 0.357 e. The summed E-state index contributed by atoms with van der Waals surface area (Å²) >= 11 is 0. The Labute approximate surface area is 55.8 Å². The molecule has 0 saturated carbocycles. The first-order chi connectivity index (χ1) is 4.36. The summed E-state index contributed by atoms with van der Waals surface area (Å²) in [5.41, 5.74) is 8.99. The Kier molecular flexibility index (Phi) is 2.30. The lowest BCUT2D eigenvalue weighted by molar-refractivity contribution is -0.153. The number of hydrogen-bond acceptors (Lipinski definition) is 3. The number of carboxylic acid groups (broad SMARTS) is 1. The molecule has 0 unspecified atom stereocenters. The average molecular weight is 150 g/mol. The summed E-state index contributed by atoms with van der Waals surface area (Å²) in [7, 11) is 0. The fourth-order valence-corrected chi connectivity index (χ4v) is 0.329. The van der Waals surface area contributed by atoms with Gasteiger partial charge in [-0.15, -0.1) is 0 Å². The molecule has 1 atom stereocenters. The van der Waals surface area contributed by atoms with Gasteiger partial charge in [-0.3, -0.25) is 10.5 Å². The van der Waals surface area contributed by atoms with E-state index in [1.807, 2.05) is 0 Å². The van der Waals surface area contributed by atoms with Crippen LogP contribution in [0.15, 0.2) is 0 Å². The van der Waals surface area contributed by atoms with Crippen LogP contribution in [0.1, 0.15) is 6.42 Å². The molecule has 0 bridgehead atoms. The molecule has 5 nitrogen and oxygen atoms in total. The first-order valence-corrected chi connectivity index (χ1v) is 2.36. The Hall–Kier alpha value is -1.17. The summed E-state index contributed by atoms with van der Waals surface area (Å²) in [6.07, 6.45) is -1.01. The number of alkyl halides is 1. The molecule has 0 heterocycles. The number of rotatable bonds is 3. The van der Waals surface area contributed by atoms with Gasteiger partial charge in [0.2, 0.25) is 5.91 Å². The SMILES string of the molecule is NC(=O)C[C@@](N)(F)C(=O)O. The predicted molar refractivity (Wildman–Crippen MR) is 29.5 cm³/mol. The molecule has 6 heteroatoms. The van der Waals surface area contributed by atoms with Crippen molar-refractivity contribution in [1.82, 2.24) is 0 Å². The fourth-order valence-electron chi connectivity index (χ4n) is 0.329. The zero-order valence-corrected chi connectivity index (χ0v) is 5.00. The van der Waals surface area contributed by atoms with Gasteiger partial charge in [0, 0.05) is 0 Å². The van der Waals surface area contributed by atoms with Gasteiger partial charge in [0.05, 0.1) is 6.42 Å². The van der Waals surface area contributed by atoms with Crippen molar-refractivity contribution in [3.05, 3.63) is 0 Å². The normalized spacial score (nSPS) is 15.8. The molecule has 0 saturated heterocycles. The van der Waals surface area contributed by atoms with E-state index in [-0.39, 0.29) is 0 Å². The number of halogens is 1. The molecule has 0 spiro atoms. The molecule has 0 aliphatic carbocycles. The minimum absolute atomic E-state index is 1.01. The van der Waals surface area contributed by atoms with Gasteiger partial charge >= 0.3 is 5.97 Å². The van der Waals surface area contributed by atoms with Gasteiger partial charge in [0.15, 0.2) is 0 Å². The summed E-state index contributed by atoms with van der Waals surface area (Å²) in [5, 5.41) is 7.98. The van der Waals surface area contributed by atoms with Crippen LogP contribution in [0.5, 0.6) is 0 Å². The highest BCUT2D eigenvalue weighted by Gasteiger charge is 2.35. The first kappa shape index (κ1) is 8.83. The van der Waals surface area contributed by atoms with Crippen LogP contribution in [-0.2, 0) is 9.59 Å². The highest BCUT2D eigenvalue weighted by Crippen LogP contribution is 2.06. The minimum atomic E-state index is -3.04. The quantitative estimate of drug-likeness (QED) is 0.429. The molecule has 10 heavy (non-hydrogen) atoms. The molecular weight excluding hydrogens is 143 g/mol. The maximum Gasteiger partial charge on any atom is 0.357 e. The minimum Gasteiger partial charge on any atom is -0.478 e. The third-order valence-electron chi connectivity index (χ3n) is 0.787. The molecule has 0 aromatic carbocycles. The standard InChI is InChI=1S/C4H7FN2O3/c5-4(7,3(9)10)1-2(6)8/h1,7H2,(H2,6,8)(H,9,10)/t4-/m0/s1. The second kappa shape index (κ2) is 2.61. The highest BCUT2D eigenvalue weighted by molar-refractivity contribution is 5.85. The van der Waals surface area contributed by atoms with Crippen molar-refractivity contribution < 1.29 is 19.1 Å². The van der Waals surface area contributed by atoms with Crippen molar-refractivity contribution in [2.45, 2.75) is 12.2 Å². The average Bonchev–Trinajstić information content (AvgIpc) is 1.60. The zero-order valence-electron chi connectivity index (χ0n) is 5.00. The van der Waals surface area contributed by atoms with Crippen molar-refractivity contribution in [2.75, 3.05) is 0 Å². The molecule has 0 fully saturated rings. The third kappa shape index (κ3) is 2.40. The monoisotopic (exact) mass is 150 g/mol. The number of amides is 1. The van der Waals surface area contributed by atoms with Gasteiger partial charge in [-0.05, 0) is 0 Å². The summed E-state index contributed by atoms with van der Waals surface area (Å²) in [6, 6.07) is 0. The van der Waals surface area contributed by atoms with Crippen LogP contribution in [-0.4, -0.2) is 22.8 Å². The van der Waals surface area contributed by atoms with E-state index in [0.717, 1.165) is 0 Å². The number of carboxylic acids is 1. The van der Waals surface area contributed by atoms with E-state index in [0.29, 0.717) is 0 Å². The second-order valence-corrected chi connectivity index (χ2v) is 1.81. The maximum absolute atomic E-state index is 12.3. The van der Waals surface area contributed by atoms with Crippen LogP contribution in [0.2, 0.25) is 0 Å². The van der Waals surface area contributed by atoms with Gasteiger partial charge in [0.1, 0.15) is 0 Å². The molecule has 0 rings (SSSR count). The number of aliphatic carboxylic acids is 1. The van der Waals surface area contributed by atoms with E-state index < -0.39 is 24.1 Å². The molecule has 0 radical (unpaired) electrons. The number of carbonyl (C=O) groups excluding carboxylic acids is 1. The molecule has 58 valence electrons. The Balaban J connectivity index is 4.13. The molecule has 0 aromatic rings. The van der Waals surface area contributed by atoms with E-state index in [4.69, 9.17) is 5.11 Å².